The van der Waals surface area contributed by atoms with E-state index in [2.05, 4.69) is 43.5 Å². The highest BCUT2D eigenvalue weighted by molar-refractivity contribution is 5.76. The normalized spacial score (nSPS) is 13.5. The first kappa shape index (κ1) is 42.6. The summed E-state index contributed by atoms with van der Waals surface area (Å²) in [7, 11) is 0. The van der Waals surface area contributed by atoms with Gasteiger partial charge in [0.15, 0.2) is 0 Å². The Bertz CT molecular complexity index is 672. The van der Waals surface area contributed by atoms with Crippen molar-refractivity contribution in [2.24, 2.45) is 0 Å². The number of aliphatic hydroxyl groups is 2. The predicted molar refractivity (Wildman–Crippen MR) is 193 cm³/mol. The van der Waals surface area contributed by atoms with Gasteiger partial charge in [-0.25, -0.2) is 0 Å². The van der Waals surface area contributed by atoms with E-state index in [9.17, 15) is 15.0 Å². The molecular formula is C40H75NO3. The SMILES string of the molecule is CCCCCCC/C=C\C/C=C\CCCCCCCCCCCC(=O)NC(CO)C(O)/C=C/CCCCCCCCCCC. The number of aliphatic hydroxyl groups excluding tert-OH is 2. The molecule has 44 heavy (non-hydrogen) atoms. The molecule has 2 atom stereocenters. The number of nitrogens with one attached hydrogen (secondary N) is 1. The molecule has 4 nitrogen and oxygen atoms in total. The lowest BCUT2D eigenvalue weighted by molar-refractivity contribution is -0.123. The van der Waals surface area contributed by atoms with Crippen LogP contribution in [0.1, 0.15) is 194 Å². The maximum atomic E-state index is 12.3. The van der Waals surface area contributed by atoms with Crippen molar-refractivity contribution in [3.05, 3.63) is 36.5 Å². The molecule has 3 N–H and O–H groups in total. The first-order valence-electron chi connectivity index (χ1n) is 19.2. The zero-order chi connectivity index (χ0) is 32.2. The van der Waals surface area contributed by atoms with Gasteiger partial charge in [0.05, 0.1) is 18.8 Å². The molecule has 258 valence electrons. The van der Waals surface area contributed by atoms with E-state index in [1.54, 1.807) is 6.08 Å². The highest BCUT2D eigenvalue weighted by Crippen LogP contribution is 2.13. The van der Waals surface area contributed by atoms with Crippen LogP contribution in [0, 0.1) is 0 Å². The van der Waals surface area contributed by atoms with Crippen molar-refractivity contribution in [2.45, 2.75) is 206 Å². The van der Waals surface area contributed by atoms with Crippen molar-refractivity contribution in [3.63, 3.8) is 0 Å². The number of hydrogen-bond donors (Lipinski definition) is 3. The molecule has 4 heteroatoms. The molecule has 1 amide bonds. The third kappa shape index (κ3) is 32.0. The Kier molecular flexibility index (Phi) is 34.9. The van der Waals surface area contributed by atoms with Crippen LogP contribution in [0.4, 0.5) is 0 Å². The van der Waals surface area contributed by atoms with Gasteiger partial charge in [0.25, 0.3) is 0 Å². The van der Waals surface area contributed by atoms with E-state index in [0.29, 0.717) is 6.42 Å². The van der Waals surface area contributed by atoms with Gasteiger partial charge >= 0.3 is 0 Å². The topological polar surface area (TPSA) is 69.6 Å². The lowest BCUT2D eigenvalue weighted by Crippen LogP contribution is -2.45. The second-order valence-corrected chi connectivity index (χ2v) is 13.0. The summed E-state index contributed by atoms with van der Waals surface area (Å²) in [5, 5.41) is 22.9. The molecule has 0 fully saturated rings. The lowest BCUT2D eigenvalue weighted by Gasteiger charge is -2.20. The number of amides is 1. The van der Waals surface area contributed by atoms with Gasteiger partial charge in [0.2, 0.25) is 5.91 Å². The quantitative estimate of drug-likeness (QED) is 0.0497. The van der Waals surface area contributed by atoms with Crippen LogP contribution in [-0.2, 0) is 4.79 Å². The Morgan fingerprint density at radius 1 is 0.545 bits per heavy atom. The fourth-order valence-corrected chi connectivity index (χ4v) is 5.62. The summed E-state index contributed by atoms with van der Waals surface area (Å²) in [5.41, 5.74) is 0. The summed E-state index contributed by atoms with van der Waals surface area (Å²) >= 11 is 0. The molecule has 0 spiro atoms. The average molecular weight is 618 g/mol. The average Bonchev–Trinajstić information content (AvgIpc) is 3.03. The van der Waals surface area contributed by atoms with Crippen molar-refractivity contribution in [1.82, 2.24) is 5.32 Å². The largest absolute Gasteiger partial charge is 0.394 e. The lowest BCUT2D eigenvalue weighted by atomic mass is 10.0. The molecule has 0 saturated heterocycles. The summed E-state index contributed by atoms with van der Waals surface area (Å²) in [5.74, 6) is -0.0710. The Morgan fingerprint density at radius 2 is 0.932 bits per heavy atom. The molecule has 0 aliphatic heterocycles. The van der Waals surface area contributed by atoms with Crippen molar-refractivity contribution in [3.8, 4) is 0 Å². The molecule has 0 aromatic heterocycles. The predicted octanol–water partition coefficient (Wildman–Crippen LogP) is 11.5. The van der Waals surface area contributed by atoms with Crippen LogP contribution in [0.3, 0.4) is 0 Å². The summed E-state index contributed by atoms with van der Waals surface area (Å²) in [6, 6.07) is -0.621. The molecule has 0 heterocycles. The molecular weight excluding hydrogens is 542 g/mol. The van der Waals surface area contributed by atoms with Gasteiger partial charge < -0.3 is 15.5 Å². The number of unbranched alkanes of at least 4 members (excludes halogenated alkanes) is 23. The fraction of sp³-hybridized carbons (Fsp3) is 0.825. The molecule has 2 unspecified atom stereocenters. The van der Waals surface area contributed by atoms with Crippen LogP contribution < -0.4 is 5.32 Å². The molecule has 0 aromatic carbocycles. The van der Waals surface area contributed by atoms with Gasteiger partial charge in [-0.05, 0) is 51.4 Å². The highest BCUT2D eigenvalue weighted by Gasteiger charge is 2.17. The summed E-state index contributed by atoms with van der Waals surface area (Å²) in [6.45, 7) is 4.27. The molecule has 0 aliphatic rings. The van der Waals surface area contributed by atoms with Gasteiger partial charge in [-0.2, -0.15) is 0 Å². The van der Waals surface area contributed by atoms with E-state index in [-0.39, 0.29) is 12.5 Å². The Labute approximate surface area is 274 Å². The van der Waals surface area contributed by atoms with E-state index >= 15 is 0 Å². The summed E-state index contributed by atoms with van der Waals surface area (Å²) in [4.78, 5) is 12.3. The number of hydrogen-bond acceptors (Lipinski definition) is 3. The van der Waals surface area contributed by atoms with E-state index in [1.807, 2.05) is 6.08 Å². The maximum Gasteiger partial charge on any atom is 0.220 e. The van der Waals surface area contributed by atoms with E-state index in [1.165, 1.54) is 141 Å². The van der Waals surface area contributed by atoms with Crippen LogP contribution >= 0.6 is 0 Å². The summed E-state index contributed by atoms with van der Waals surface area (Å²) in [6.07, 6.45) is 46.6. The molecule has 0 rings (SSSR count). The van der Waals surface area contributed by atoms with Gasteiger partial charge in [-0.3, -0.25) is 4.79 Å². The van der Waals surface area contributed by atoms with Gasteiger partial charge in [-0.1, -0.05) is 172 Å². The minimum atomic E-state index is -0.838. The smallest absolute Gasteiger partial charge is 0.220 e. The Hall–Kier alpha value is -1.39. The van der Waals surface area contributed by atoms with Crippen LogP contribution in [0.2, 0.25) is 0 Å². The number of allylic oxidation sites excluding steroid dienone is 5. The number of carbonyl (C=O) groups is 1. The molecule has 0 radical (unpaired) electrons. The van der Waals surface area contributed by atoms with E-state index in [4.69, 9.17) is 0 Å². The Balaban J connectivity index is 3.59. The van der Waals surface area contributed by atoms with Crippen LogP contribution in [0.25, 0.3) is 0 Å². The van der Waals surface area contributed by atoms with Crippen molar-refractivity contribution in [2.75, 3.05) is 6.61 Å². The zero-order valence-corrected chi connectivity index (χ0v) is 29.4. The van der Waals surface area contributed by atoms with Crippen molar-refractivity contribution < 1.29 is 15.0 Å². The molecule has 0 aromatic rings. The molecule has 0 saturated carbocycles. The highest BCUT2D eigenvalue weighted by atomic mass is 16.3. The maximum absolute atomic E-state index is 12.3. The van der Waals surface area contributed by atoms with E-state index in [0.717, 1.165) is 32.1 Å². The number of rotatable bonds is 34. The van der Waals surface area contributed by atoms with E-state index < -0.39 is 12.1 Å². The third-order valence-corrected chi connectivity index (χ3v) is 8.62. The second-order valence-electron chi connectivity index (χ2n) is 13.0. The van der Waals surface area contributed by atoms with Crippen LogP contribution in [-0.4, -0.2) is 34.9 Å². The molecule has 0 bridgehead atoms. The van der Waals surface area contributed by atoms with Crippen LogP contribution in [0.5, 0.6) is 0 Å². The van der Waals surface area contributed by atoms with Crippen molar-refractivity contribution >= 4 is 5.91 Å². The minimum Gasteiger partial charge on any atom is -0.394 e. The monoisotopic (exact) mass is 618 g/mol. The van der Waals surface area contributed by atoms with Crippen molar-refractivity contribution in [1.29, 1.82) is 0 Å². The van der Waals surface area contributed by atoms with Gasteiger partial charge in [0, 0.05) is 6.42 Å². The third-order valence-electron chi connectivity index (χ3n) is 8.62. The first-order chi connectivity index (χ1) is 21.7. The summed E-state index contributed by atoms with van der Waals surface area (Å²) < 4.78 is 0. The fourth-order valence-electron chi connectivity index (χ4n) is 5.62. The van der Waals surface area contributed by atoms with Gasteiger partial charge in [-0.15, -0.1) is 0 Å². The molecule has 0 aliphatic carbocycles. The van der Waals surface area contributed by atoms with Gasteiger partial charge in [0.1, 0.15) is 0 Å². The zero-order valence-electron chi connectivity index (χ0n) is 29.4. The van der Waals surface area contributed by atoms with Crippen LogP contribution in [0.15, 0.2) is 36.5 Å². The second kappa shape index (κ2) is 36.1. The number of carbonyl (C=O) groups excluding carboxylic acids is 1. The Morgan fingerprint density at radius 3 is 1.36 bits per heavy atom. The first-order valence-corrected chi connectivity index (χ1v) is 19.2. The minimum absolute atomic E-state index is 0.0710. The standard InChI is InChI=1S/C40H75NO3/c1-3-5-7-9-11-13-15-16-17-18-19-20-21-22-23-24-26-28-30-32-34-36-40(44)41-38(37-42)39(43)35-33-31-29-27-25-14-12-10-8-6-4-2/h15-16,18-19,33,35,38-39,42-43H,3-14,17,20-32,34,36-37H2,1-2H3,(H,41,44)/b16-15-,19-18-,35-33+.